The lowest BCUT2D eigenvalue weighted by molar-refractivity contribution is -0.120. The van der Waals surface area contributed by atoms with E-state index in [0.717, 1.165) is 28.6 Å². The number of halogens is 5. The highest BCUT2D eigenvalue weighted by Gasteiger charge is 2.33. The molecule has 1 fully saturated rings. The zero-order valence-electron chi connectivity index (χ0n) is 14.8. The van der Waals surface area contributed by atoms with Gasteiger partial charge in [-0.15, -0.1) is 0 Å². The van der Waals surface area contributed by atoms with Crippen molar-refractivity contribution in [1.82, 2.24) is 4.31 Å². The molecule has 0 saturated carbocycles. The Kier molecular flexibility index (Phi) is 6.16. The average Bonchev–Trinajstić information content (AvgIpc) is 2.70. The second-order valence-corrected chi connectivity index (χ2v) is 8.81. The molecule has 1 aliphatic rings. The van der Waals surface area contributed by atoms with E-state index < -0.39 is 50.8 Å². The molecule has 0 aromatic heterocycles. The summed E-state index contributed by atoms with van der Waals surface area (Å²) in [6.45, 7) is -0.00858. The van der Waals surface area contributed by atoms with E-state index >= 15 is 0 Å². The van der Waals surface area contributed by atoms with Crippen molar-refractivity contribution >= 4 is 33.2 Å². The predicted octanol–water partition coefficient (Wildman–Crippen LogP) is 3.94. The fourth-order valence-corrected chi connectivity index (χ4v) is 4.74. The Balaban J connectivity index is 1.66. The Labute approximate surface area is 169 Å². The molecule has 1 aliphatic heterocycles. The quantitative estimate of drug-likeness (QED) is 0.567. The molecule has 2 aromatic carbocycles. The maximum Gasteiger partial charge on any atom is 0.243 e. The first-order chi connectivity index (χ1) is 13.6. The molecule has 11 heteroatoms. The Morgan fingerprint density at radius 2 is 1.62 bits per heavy atom. The number of carbonyl (C=O) groups excluding carboxylic acids is 1. The molecule has 2 aromatic rings. The van der Waals surface area contributed by atoms with Crippen LogP contribution in [-0.4, -0.2) is 31.7 Å². The van der Waals surface area contributed by atoms with E-state index in [2.05, 4.69) is 5.32 Å². The highest BCUT2D eigenvalue weighted by Crippen LogP contribution is 2.28. The SMILES string of the molecule is O=C(Nc1ccc(F)c(F)c1F)C1CCN(S(=O)(=O)c2ccc(F)c(Cl)c2)CC1. The first kappa shape index (κ1) is 21.5. The standard InChI is InChI=1S/C18H15ClF4N2O3S/c19-12-9-11(1-2-13(12)20)29(27,28)25-7-5-10(6-8-25)18(26)24-15-4-3-14(21)16(22)17(15)23/h1-4,9-10H,5-8H2,(H,24,26). The summed E-state index contributed by atoms with van der Waals surface area (Å²) in [5.41, 5.74) is -0.495. The van der Waals surface area contributed by atoms with Gasteiger partial charge < -0.3 is 5.32 Å². The van der Waals surface area contributed by atoms with E-state index in [9.17, 15) is 30.8 Å². The lowest BCUT2D eigenvalue weighted by Gasteiger charge is -2.30. The Morgan fingerprint density at radius 1 is 1.00 bits per heavy atom. The van der Waals surface area contributed by atoms with Gasteiger partial charge in [-0.05, 0) is 43.2 Å². The van der Waals surface area contributed by atoms with Crippen LogP contribution in [0.3, 0.4) is 0 Å². The largest absolute Gasteiger partial charge is 0.323 e. The molecule has 0 spiro atoms. The predicted molar refractivity (Wildman–Crippen MR) is 97.8 cm³/mol. The van der Waals surface area contributed by atoms with Gasteiger partial charge >= 0.3 is 0 Å². The van der Waals surface area contributed by atoms with Crippen molar-refractivity contribution in [2.24, 2.45) is 5.92 Å². The summed E-state index contributed by atoms with van der Waals surface area (Å²) < 4.78 is 79.7. The Bertz CT molecular complexity index is 1060. The number of anilines is 1. The summed E-state index contributed by atoms with van der Waals surface area (Å²) in [4.78, 5) is 12.1. The van der Waals surface area contributed by atoms with E-state index in [1.54, 1.807) is 0 Å². The lowest BCUT2D eigenvalue weighted by Crippen LogP contribution is -2.41. The molecule has 0 bridgehead atoms. The molecule has 5 nitrogen and oxygen atoms in total. The fraction of sp³-hybridized carbons (Fsp3) is 0.278. The summed E-state index contributed by atoms with van der Waals surface area (Å²) in [7, 11) is -3.93. The molecule has 0 radical (unpaired) electrons. The number of nitrogens with one attached hydrogen (secondary N) is 1. The number of rotatable bonds is 4. The first-order valence-electron chi connectivity index (χ1n) is 8.51. The van der Waals surface area contributed by atoms with E-state index in [1.807, 2.05) is 0 Å². The summed E-state index contributed by atoms with van der Waals surface area (Å²) >= 11 is 5.64. The summed E-state index contributed by atoms with van der Waals surface area (Å²) in [6, 6.07) is 4.66. The van der Waals surface area contributed by atoms with Gasteiger partial charge in [-0.2, -0.15) is 4.31 Å². The van der Waals surface area contributed by atoms with Gasteiger partial charge in [0.1, 0.15) is 5.82 Å². The number of piperidine rings is 1. The zero-order valence-corrected chi connectivity index (χ0v) is 16.3. The molecule has 0 unspecified atom stereocenters. The third kappa shape index (κ3) is 4.39. The molecule has 29 heavy (non-hydrogen) atoms. The highest BCUT2D eigenvalue weighted by molar-refractivity contribution is 7.89. The lowest BCUT2D eigenvalue weighted by atomic mass is 9.97. The minimum atomic E-state index is -3.93. The van der Waals surface area contributed by atoms with Gasteiger partial charge in [-0.1, -0.05) is 11.6 Å². The van der Waals surface area contributed by atoms with Gasteiger partial charge in [0.25, 0.3) is 0 Å². The Morgan fingerprint density at radius 3 is 2.24 bits per heavy atom. The number of sulfonamides is 1. The molecule has 0 aliphatic carbocycles. The maximum absolute atomic E-state index is 13.7. The van der Waals surface area contributed by atoms with E-state index in [-0.39, 0.29) is 35.8 Å². The van der Waals surface area contributed by atoms with E-state index in [1.165, 1.54) is 0 Å². The van der Waals surface area contributed by atoms with Crippen molar-refractivity contribution < 1.29 is 30.8 Å². The Hall–Kier alpha value is -2.17. The fourth-order valence-electron chi connectivity index (χ4n) is 3.00. The minimum Gasteiger partial charge on any atom is -0.323 e. The minimum absolute atomic E-state index is 0.00429. The summed E-state index contributed by atoms with van der Waals surface area (Å²) in [5, 5.41) is 1.87. The number of benzene rings is 2. The van der Waals surface area contributed by atoms with Crippen molar-refractivity contribution in [3.8, 4) is 0 Å². The number of hydrogen-bond donors (Lipinski definition) is 1. The molecule has 1 amide bonds. The smallest absolute Gasteiger partial charge is 0.243 e. The van der Waals surface area contributed by atoms with Crippen LogP contribution in [0.5, 0.6) is 0 Å². The molecule has 156 valence electrons. The first-order valence-corrected chi connectivity index (χ1v) is 10.3. The van der Waals surface area contributed by atoms with Crippen molar-refractivity contribution in [2.75, 3.05) is 18.4 Å². The molecule has 1 N–H and O–H groups in total. The molecular weight excluding hydrogens is 436 g/mol. The number of nitrogens with zero attached hydrogens (tertiary/aromatic N) is 1. The van der Waals surface area contributed by atoms with Crippen molar-refractivity contribution in [3.05, 3.63) is 58.6 Å². The van der Waals surface area contributed by atoms with Crippen LogP contribution in [0.2, 0.25) is 5.02 Å². The van der Waals surface area contributed by atoms with Crippen LogP contribution < -0.4 is 5.32 Å². The van der Waals surface area contributed by atoms with Crippen LogP contribution in [0, 0.1) is 29.2 Å². The summed E-state index contributed by atoms with van der Waals surface area (Å²) in [5.74, 6) is -6.60. The highest BCUT2D eigenvalue weighted by atomic mass is 35.5. The monoisotopic (exact) mass is 450 g/mol. The van der Waals surface area contributed by atoms with E-state index in [0.29, 0.717) is 6.07 Å². The molecular formula is C18H15ClF4N2O3S. The van der Waals surface area contributed by atoms with Crippen molar-refractivity contribution in [3.63, 3.8) is 0 Å². The molecule has 1 heterocycles. The van der Waals surface area contributed by atoms with Crippen LogP contribution in [0.25, 0.3) is 0 Å². The van der Waals surface area contributed by atoms with Crippen LogP contribution >= 0.6 is 11.6 Å². The summed E-state index contributed by atoms with van der Waals surface area (Å²) in [6.07, 6.45) is 0.260. The topological polar surface area (TPSA) is 66.5 Å². The van der Waals surface area contributed by atoms with Crippen LogP contribution in [0.1, 0.15) is 12.8 Å². The van der Waals surface area contributed by atoms with Crippen LogP contribution in [-0.2, 0) is 14.8 Å². The third-order valence-corrected chi connectivity index (χ3v) is 6.83. The number of amides is 1. The van der Waals surface area contributed by atoms with Crippen LogP contribution in [0.15, 0.2) is 35.2 Å². The van der Waals surface area contributed by atoms with Crippen LogP contribution in [0.4, 0.5) is 23.2 Å². The third-order valence-electron chi connectivity index (χ3n) is 4.65. The number of carbonyl (C=O) groups is 1. The van der Waals surface area contributed by atoms with E-state index in [4.69, 9.17) is 11.6 Å². The molecule has 1 saturated heterocycles. The second kappa shape index (κ2) is 8.29. The van der Waals surface area contributed by atoms with Gasteiger partial charge in [0, 0.05) is 19.0 Å². The zero-order chi connectivity index (χ0) is 21.3. The average molecular weight is 451 g/mol. The molecule has 0 atom stereocenters. The number of hydrogen-bond acceptors (Lipinski definition) is 3. The maximum atomic E-state index is 13.7. The second-order valence-electron chi connectivity index (χ2n) is 6.47. The van der Waals surface area contributed by atoms with Crippen molar-refractivity contribution in [1.29, 1.82) is 0 Å². The van der Waals surface area contributed by atoms with Gasteiger partial charge in [-0.25, -0.2) is 26.0 Å². The van der Waals surface area contributed by atoms with Gasteiger partial charge in [-0.3, -0.25) is 4.79 Å². The molecule has 3 rings (SSSR count). The normalized spacial score (nSPS) is 16.0. The van der Waals surface area contributed by atoms with Crippen molar-refractivity contribution in [2.45, 2.75) is 17.7 Å². The van der Waals surface area contributed by atoms with Gasteiger partial charge in [0.2, 0.25) is 15.9 Å². The van der Waals surface area contributed by atoms with Gasteiger partial charge in [0.15, 0.2) is 17.5 Å². The van der Waals surface area contributed by atoms with Gasteiger partial charge in [0.05, 0.1) is 15.6 Å².